The van der Waals surface area contributed by atoms with E-state index >= 15 is 0 Å². The van der Waals surface area contributed by atoms with Crippen LogP contribution in [0.25, 0.3) is 10.9 Å². The average Bonchev–Trinajstić information content (AvgIpc) is 2.82. The highest BCUT2D eigenvalue weighted by Gasteiger charge is 2.30. The largest absolute Gasteiger partial charge is 0.505 e. The summed E-state index contributed by atoms with van der Waals surface area (Å²) in [5.41, 5.74) is 0.317. The Kier molecular flexibility index (Phi) is 3.37. The van der Waals surface area contributed by atoms with E-state index in [0.717, 1.165) is 5.56 Å². The van der Waals surface area contributed by atoms with Gasteiger partial charge in [0.25, 0.3) is 10.0 Å². The van der Waals surface area contributed by atoms with Gasteiger partial charge in [0.15, 0.2) is 11.4 Å². The number of hydrogen-bond donors (Lipinski definition) is 2. The van der Waals surface area contributed by atoms with Gasteiger partial charge in [0, 0.05) is 5.39 Å². The quantitative estimate of drug-likeness (QED) is 0.769. The molecule has 0 saturated carbocycles. The number of rotatable bonds is 3. The second-order valence-corrected chi connectivity index (χ2v) is 6.89. The van der Waals surface area contributed by atoms with Crippen LogP contribution < -0.4 is 0 Å². The van der Waals surface area contributed by atoms with Gasteiger partial charge in [0.1, 0.15) is 0 Å². The number of aryl methyl sites for hydroxylation is 1. The first-order valence-electron chi connectivity index (χ1n) is 6.72. The maximum atomic E-state index is 12.9. The molecule has 1 aromatic heterocycles. The standard InChI is InChI=1S/C16H13NO5S/c1-10-6-8-11(9-7-10)23(21,22)17-13-5-3-2-4-12(13)15(18)14(17)16(19)20/h2-9,18H,1H3,(H,19,20). The number of aromatic nitrogens is 1. The van der Waals surface area contributed by atoms with Crippen LogP contribution in [-0.2, 0) is 10.0 Å². The van der Waals surface area contributed by atoms with E-state index in [9.17, 15) is 23.4 Å². The van der Waals surface area contributed by atoms with Gasteiger partial charge in [-0.05, 0) is 31.2 Å². The van der Waals surface area contributed by atoms with Crippen molar-refractivity contribution in [2.75, 3.05) is 0 Å². The third-order valence-electron chi connectivity index (χ3n) is 3.57. The second kappa shape index (κ2) is 5.13. The summed E-state index contributed by atoms with van der Waals surface area (Å²) in [6, 6.07) is 12.2. The molecule has 0 saturated heterocycles. The fourth-order valence-electron chi connectivity index (χ4n) is 2.45. The van der Waals surface area contributed by atoms with E-state index in [4.69, 9.17) is 0 Å². The zero-order valence-corrected chi connectivity index (χ0v) is 12.9. The number of aromatic carboxylic acids is 1. The fourth-order valence-corrected chi connectivity index (χ4v) is 3.96. The molecule has 2 aromatic carbocycles. The van der Waals surface area contributed by atoms with Crippen LogP contribution in [0.4, 0.5) is 0 Å². The minimum Gasteiger partial charge on any atom is -0.505 e. The Morgan fingerprint density at radius 1 is 1.04 bits per heavy atom. The second-order valence-electron chi connectivity index (χ2n) is 5.10. The van der Waals surface area contributed by atoms with Gasteiger partial charge in [-0.2, -0.15) is 0 Å². The molecule has 0 aliphatic rings. The van der Waals surface area contributed by atoms with Gasteiger partial charge in [-0.1, -0.05) is 29.8 Å². The van der Waals surface area contributed by atoms with Gasteiger partial charge in [0.05, 0.1) is 10.4 Å². The number of carboxylic acids is 1. The molecule has 0 atom stereocenters. The van der Waals surface area contributed by atoms with Crippen molar-refractivity contribution in [1.29, 1.82) is 0 Å². The number of nitrogens with zero attached hydrogens (tertiary/aromatic N) is 1. The zero-order chi connectivity index (χ0) is 16.8. The van der Waals surface area contributed by atoms with Crippen LogP contribution in [-0.4, -0.2) is 28.6 Å². The molecule has 6 nitrogen and oxygen atoms in total. The van der Waals surface area contributed by atoms with Gasteiger partial charge >= 0.3 is 5.97 Å². The molecule has 1 heterocycles. The molecule has 23 heavy (non-hydrogen) atoms. The lowest BCUT2D eigenvalue weighted by Crippen LogP contribution is -2.18. The van der Waals surface area contributed by atoms with Crippen molar-refractivity contribution in [2.24, 2.45) is 0 Å². The third kappa shape index (κ3) is 2.25. The molecule has 0 fully saturated rings. The topological polar surface area (TPSA) is 96.6 Å². The average molecular weight is 331 g/mol. The van der Waals surface area contributed by atoms with E-state index in [1.807, 2.05) is 6.92 Å². The minimum atomic E-state index is -4.16. The van der Waals surface area contributed by atoms with Gasteiger partial charge < -0.3 is 10.2 Å². The number of fused-ring (bicyclic) bond motifs is 1. The Morgan fingerprint density at radius 3 is 2.26 bits per heavy atom. The zero-order valence-electron chi connectivity index (χ0n) is 12.1. The lowest BCUT2D eigenvalue weighted by atomic mass is 10.2. The van der Waals surface area contributed by atoms with Gasteiger partial charge in [-0.15, -0.1) is 0 Å². The molecule has 7 heteroatoms. The highest BCUT2D eigenvalue weighted by Crippen LogP contribution is 2.35. The minimum absolute atomic E-state index is 0.0497. The molecule has 3 rings (SSSR count). The lowest BCUT2D eigenvalue weighted by molar-refractivity contribution is 0.0686. The van der Waals surface area contributed by atoms with Crippen molar-refractivity contribution in [3.63, 3.8) is 0 Å². The SMILES string of the molecule is Cc1ccc(S(=O)(=O)n2c(C(=O)O)c(O)c3ccccc32)cc1. The van der Waals surface area contributed by atoms with Crippen LogP contribution in [0.1, 0.15) is 16.1 Å². The molecule has 0 aliphatic heterocycles. The van der Waals surface area contributed by atoms with E-state index < -0.39 is 27.4 Å². The van der Waals surface area contributed by atoms with Crippen molar-refractivity contribution in [2.45, 2.75) is 11.8 Å². The molecule has 0 spiro atoms. The summed E-state index contributed by atoms with van der Waals surface area (Å²) in [4.78, 5) is 11.4. The summed E-state index contributed by atoms with van der Waals surface area (Å²) in [6.45, 7) is 1.82. The van der Waals surface area contributed by atoms with Crippen LogP contribution in [0, 0.1) is 6.92 Å². The number of para-hydroxylation sites is 1. The maximum absolute atomic E-state index is 12.9. The summed E-state index contributed by atoms with van der Waals surface area (Å²) in [5, 5.41) is 19.7. The summed E-state index contributed by atoms with van der Waals surface area (Å²) in [5.74, 6) is -2.09. The highest BCUT2D eigenvalue weighted by atomic mass is 32.2. The third-order valence-corrected chi connectivity index (χ3v) is 5.30. The molecule has 0 bridgehead atoms. The van der Waals surface area contributed by atoms with Crippen LogP contribution in [0.2, 0.25) is 0 Å². The summed E-state index contributed by atoms with van der Waals surface area (Å²) in [7, 11) is -4.16. The van der Waals surface area contributed by atoms with Crippen LogP contribution in [0.5, 0.6) is 5.75 Å². The van der Waals surface area contributed by atoms with Crippen LogP contribution in [0.3, 0.4) is 0 Å². The first-order valence-corrected chi connectivity index (χ1v) is 8.16. The first kappa shape index (κ1) is 15.1. The predicted octanol–water partition coefficient (Wildman–Crippen LogP) is 2.59. The Bertz CT molecular complexity index is 1020. The van der Waals surface area contributed by atoms with E-state index in [1.54, 1.807) is 24.3 Å². The Labute approximate surface area is 132 Å². The number of benzene rings is 2. The summed E-state index contributed by atoms with van der Waals surface area (Å²) >= 11 is 0. The van der Waals surface area contributed by atoms with Crippen molar-refractivity contribution >= 4 is 26.9 Å². The molecular weight excluding hydrogens is 318 g/mol. The molecule has 2 N–H and O–H groups in total. The predicted molar refractivity (Wildman–Crippen MR) is 84.3 cm³/mol. The van der Waals surface area contributed by atoms with Crippen LogP contribution in [0.15, 0.2) is 53.4 Å². The number of aromatic hydroxyl groups is 1. The number of carboxylic acid groups (broad SMARTS) is 1. The number of carbonyl (C=O) groups is 1. The Hall–Kier alpha value is -2.80. The van der Waals surface area contributed by atoms with Gasteiger partial charge in [-0.3, -0.25) is 0 Å². The van der Waals surface area contributed by atoms with Crippen molar-refractivity contribution in [3.8, 4) is 5.75 Å². The van der Waals surface area contributed by atoms with Gasteiger partial charge in [-0.25, -0.2) is 17.2 Å². The summed E-state index contributed by atoms with van der Waals surface area (Å²) < 4.78 is 26.4. The van der Waals surface area contributed by atoms with Crippen molar-refractivity contribution in [1.82, 2.24) is 3.97 Å². The van der Waals surface area contributed by atoms with Crippen LogP contribution >= 0.6 is 0 Å². The molecule has 0 unspecified atom stereocenters. The molecule has 118 valence electrons. The first-order chi connectivity index (χ1) is 10.8. The molecule has 3 aromatic rings. The van der Waals surface area contributed by atoms with E-state index in [0.29, 0.717) is 3.97 Å². The van der Waals surface area contributed by atoms with Gasteiger partial charge in [0.2, 0.25) is 0 Å². The smallest absolute Gasteiger partial charge is 0.357 e. The Balaban J connectivity index is 2.41. The normalized spacial score (nSPS) is 11.7. The molecule has 0 radical (unpaired) electrons. The molecule has 0 aliphatic carbocycles. The van der Waals surface area contributed by atoms with E-state index in [-0.39, 0.29) is 15.8 Å². The van der Waals surface area contributed by atoms with Crippen molar-refractivity contribution in [3.05, 3.63) is 59.8 Å². The van der Waals surface area contributed by atoms with E-state index in [1.165, 1.54) is 24.3 Å². The van der Waals surface area contributed by atoms with E-state index in [2.05, 4.69) is 0 Å². The number of hydrogen-bond acceptors (Lipinski definition) is 4. The summed E-state index contributed by atoms with van der Waals surface area (Å²) in [6.07, 6.45) is 0. The molecule has 0 amide bonds. The highest BCUT2D eigenvalue weighted by molar-refractivity contribution is 7.90. The van der Waals surface area contributed by atoms with Crippen molar-refractivity contribution < 1.29 is 23.4 Å². The Morgan fingerprint density at radius 2 is 1.65 bits per heavy atom. The lowest BCUT2D eigenvalue weighted by Gasteiger charge is -2.10. The maximum Gasteiger partial charge on any atom is 0.357 e. The monoisotopic (exact) mass is 331 g/mol. The molecular formula is C16H13NO5S. The fraction of sp³-hybridized carbons (Fsp3) is 0.0625.